The molecule has 4 heteroatoms. The van der Waals surface area contributed by atoms with Crippen molar-refractivity contribution in [3.8, 4) is 0 Å². The summed E-state index contributed by atoms with van der Waals surface area (Å²) in [5.74, 6) is 0. The second-order valence-corrected chi connectivity index (χ2v) is 3.24. The van der Waals surface area contributed by atoms with E-state index in [1.807, 2.05) is 0 Å². The lowest BCUT2D eigenvalue weighted by Gasteiger charge is -2.19. The lowest BCUT2D eigenvalue weighted by atomic mass is 10.2. The summed E-state index contributed by atoms with van der Waals surface area (Å²) in [5, 5.41) is 2.35. The van der Waals surface area contributed by atoms with E-state index in [4.69, 9.17) is 4.74 Å². The topological polar surface area (TPSA) is 38.3 Å². The molecule has 0 aliphatic heterocycles. The van der Waals surface area contributed by atoms with E-state index in [0.29, 0.717) is 6.33 Å². The number of alkyl carbamates (subject to hydrolysis) is 1. The van der Waals surface area contributed by atoms with E-state index < -0.39 is 11.7 Å². The van der Waals surface area contributed by atoms with Gasteiger partial charge in [-0.1, -0.05) is 0 Å². The van der Waals surface area contributed by atoms with Crippen LogP contribution >= 0.6 is 0 Å². The first-order valence-electron chi connectivity index (χ1n) is 3.68. The van der Waals surface area contributed by atoms with E-state index in [1.54, 1.807) is 20.8 Å². The van der Waals surface area contributed by atoms with Crippen molar-refractivity contribution in [2.45, 2.75) is 26.4 Å². The summed E-state index contributed by atoms with van der Waals surface area (Å²) < 4.78 is 16.3. The summed E-state index contributed by atoms with van der Waals surface area (Å²) in [6, 6.07) is 0. The Morgan fingerprint density at radius 3 is 2.58 bits per heavy atom. The highest BCUT2D eigenvalue weighted by molar-refractivity contribution is 5.67. The zero-order valence-electron chi connectivity index (χ0n) is 7.56. The second kappa shape index (κ2) is 4.74. The number of halogens is 1. The van der Waals surface area contributed by atoms with Gasteiger partial charge in [0.05, 0.1) is 6.33 Å². The Kier molecular flexibility index (Phi) is 4.33. The van der Waals surface area contributed by atoms with Crippen molar-refractivity contribution in [3.05, 3.63) is 12.4 Å². The fourth-order valence-corrected chi connectivity index (χ4v) is 0.501. The van der Waals surface area contributed by atoms with Crippen LogP contribution in [0.25, 0.3) is 0 Å². The largest absolute Gasteiger partial charge is 0.444 e. The molecule has 1 amide bonds. The van der Waals surface area contributed by atoms with E-state index >= 15 is 0 Å². The van der Waals surface area contributed by atoms with Crippen molar-refractivity contribution in [2.24, 2.45) is 0 Å². The maximum Gasteiger partial charge on any atom is 0.407 e. The molecule has 0 aromatic carbocycles. The third-order valence-corrected chi connectivity index (χ3v) is 0.852. The quantitative estimate of drug-likeness (QED) is 0.697. The van der Waals surface area contributed by atoms with Gasteiger partial charge in [-0.15, -0.1) is 0 Å². The Balaban J connectivity index is 3.61. The minimum absolute atomic E-state index is 0.144. The first-order chi connectivity index (χ1) is 5.45. The van der Waals surface area contributed by atoms with Crippen LogP contribution in [0.2, 0.25) is 0 Å². The summed E-state index contributed by atoms with van der Waals surface area (Å²) in [6.07, 6.45) is 1.02. The van der Waals surface area contributed by atoms with Gasteiger partial charge in [-0.25, -0.2) is 9.18 Å². The molecular formula is C8H14FNO2. The van der Waals surface area contributed by atoms with Gasteiger partial charge in [-0.2, -0.15) is 0 Å². The third-order valence-electron chi connectivity index (χ3n) is 0.852. The summed E-state index contributed by atoms with van der Waals surface area (Å²) in [7, 11) is 0. The van der Waals surface area contributed by atoms with Crippen molar-refractivity contribution >= 4 is 6.09 Å². The molecule has 1 N–H and O–H groups in total. The lowest BCUT2D eigenvalue weighted by molar-refractivity contribution is 0.0534. The maximum atomic E-state index is 11.4. The number of hydrogen-bond acceptors (Lipinski definition) is 2. The molecule has 12 heavy (non-hydrogen) atoms. The van der Waals surface area contributed by atoms with Crippen LogP contribution in [0.1, 0.15) is 20.8 Å². The van der Waals surface area contributed by atoms with Crippen LogP contribution in [0.4, 0.5) is 9.18 Å². The monoisotopic (exact) mass is 175 g/mol. The van der Waals surface area contributed by atoms with Gasteiger partial charge >= 0.3 is 6.09 Å². The predicted octanol–water partition coefficient (Wildman–Crippen LogP) is 1.99. The Hall–Kier alpha value is -1.06. The summed E-state index contributed by atoms with van der Waals surface area (Å²) in [5.41, 5.74) is -0.510. The molecule has 0 aliphatic carbocycles. The molecule has 70 valence electrons. The number of hydrogen-bond donors (Lipinski definition) is 1. The zero-order chi connectivity index (χ0) is 9.61. The average Bonchev–Trinajstić information content (AvgIpc) is 1.84. The molecule has 0 radical (unpaired) electrons. The molecule has 0 rings (SSSR count). The van der Waals surface area contributed by atoms with E-state index in [-0.39, 0.29) is 6.54 Å². The van der Waals surface area contributed by atoms with Gasteiger partial charge in [0.25, 0.3) is 0 Å². The van der Waals surface area contributed by atoms with Gasteiger partial charge in [-0.05, 0) is 26.8 Å². The SMILES string of the molecule is CC(C)(C)OC(=O)NC/C=C\F. The molecule has 0 aromatic heterocycles. The molecule has 0 aromatic rings. The number of carbonyl (C=O) groups is 1. The summed E-state index contributed by atoms with van der Waals surface area (Å²) >= 11 is 0. The van der Waals surface area contributed by atoms with E-state index in [9.17, 15) is 9.18 Å². The van der Waals surface area contributed by atoms with Crippen LogP contribution in [-0.2, 0) is 4.74 Å². The maximum absolute atomic E-state index is 11.4. The minimum atomic E-state index is -0.541. The number of nitrogens with one attached hydrogen (secondary N) is 1. The highest BCUT2D eigenvalue weighted by atomic mass is 19.1. The van der Waals surface area contributed by atoms with Gasteiger partial charge in [0, 0.05) is 6.54 Å². The first-order valence-corrected chi connectivity index (χ1v) is 3.68. The van der Waals surface area contributed by atoms with Crippen molar-refractivity contribution in [1.29, 1.82) is 0 Å². The number of amides is 1. The summed E-state index contributed by atoms with van der Waals surface area (Å²) in [4.78, 5) is 10.8. The Morgan fingerprint density at radius 2 is 2.17 bits per heavy atom. The van der Waals surface area contributed by atoms with Gasteiger partial charge in [0.15, 0.2) is 0 Å². The van der Waals surface area contributed by atoms with Crippen LogP contribution in [0.5, 0.6) is 0 Å². The fourth-order valence-electron chi connectivity index (χ4n) is 0.501. The van der Waals surface area contributed by atoms with Crippen molar-refractivity contribution in [2.75, 3.05) is 6.54 Å². The smallest absolute Gasteiger partial charge is 0.407 e. The normalized spacial score (nSPS) is 11.7. The van der Waals surface area contributed by atoms with Crippen LogP contribution in [0.15, 0.2) is 12.4 Å². The van der Waals surface area contributed by atoms with E-state index in [2.05, 4.69) is 5.32 Å². The number of ether oxygens (including phenoxy) is 1. The summed E-state index contributed by atoms with van der Waals surface area (Å²) in [6.45, 7) is 5.43. The van der Waals surface area contributed by atoms with Gasteiger partial charge < -0.3 is 10.1 Å². The van der Waals surface area contributed by atoms with Crippen LogP contribution in [0, 0.1) is 0 Å². The molecule has 0 fully saturated rings. The van der Waals surface area contributed by atoms with Gasteiger partial charge in [0.1, 0.15) is 5.60 Å². The lowest BCUT2D eigenvalue weighted by Crippen LogP contribution is -2.32. The minimum Gasteiger partial charge on any atom is -0.444 e. The number of carbonyl (C=O) groups excluding carboxylic acids is 1. The van der Waals surface area contributed by atoms with Crippen LogP contribution in [0.3, 0.4) is 0 Å². The molecule has 0 saturated carbocycles. The molecule has 0 spiro atoms. The predicted molar refractivity (Wildman–Crippen MR) is 44.5 cm³/mol. The molecule has 0 saturated heterocycles. The van der Waals surface area contributed by atoms with Crippen LogP contribution in [-0.4, -0.2) is 18.2 Å². The van der Waals surface area contributed by atoms with Crippen molar-refractivity contribution in [1.82, 2.24) is 5.32 Å². The van der Waals surface area contributed by atoms with Gasteiger partial charge in [-0.3, -0.25) is 0 Å². The standard InChI is InChI=1S/C8H14FNO2/c1-8(2,3)12-7(11)10-6-4-5-9/h4-5H,6H2,1-3H3,(H,10,11)/b5-4-. The molecule has 3 nitrogen and oxygen atoms in total. The van der Waals surface area contributed by atoms with Gasteiger partial charge in [0.2, 0.25) is 0 Å². The Bertz CT molecular complexity index is 172. The molecular weight excluding hydrogens is 161 g/mol. The highest BCUT2D eigenvalue weighted by Crippen LogP contribution is 2.05. The Labute approximate surface area is 71.6 Å². The molecule has 0 unspecified atom stereocenters. The second-order valence-electron chi connectivity index (χ2n) is 3.24. The first kappa shape index (κ1) is 10.9. The fraction of sp³-hybridized carbons (Fsp3) is 0.625. The third kappa shape index (κ3) is 7.05. The average molecular weight is 175 g/mol. The molecule has 0 atom stereocenters. The van der Waals surface area contributed by atoms with E-state index in [0.717, 1.165) is 0 Å². The zero-order valence-corrected chi connectivity index (χ0v) is 7.56. The van der Waals surface area contributed by atoms with Crippen LogP contribution < -0.4 is 5.32 Å². The Morgan fingerprint density at radius 1 is 1.58 bits per heavy atom. The van der Waals surface area contributed by atoms with E-state index in [1.165, 1.54) is 6.08 Å². The number of rotatable bonds is 2. The van der Waals surface area contributed by atoms with Crippen molar-refractivity contribution < 1.29 is 13.9 Å². The molecule has 0 bridgehead atoms. The highest BCUT2D eigenvalue weighted by Gasteiger charge is 2.14. The molecule has 0 heterocycles. The van der Waals surface area contributed by atoms with Crippen molar-refractivity contribution in [3.63, 3.8) is 0 Å². The molecule has 0 aliphatic rings.